The van der Waals surface area contributed by atoms with Gasteiger partial charge in [-0.15, -0.1) is 16.4 Å². The van der Waals surface area contributed by atoms with E-state index in [2.05, 4.69) is 35.8 Å². The van der Waals surface area contributed by atoms with Crippen LogP contribution in [0.2, 0.25) is 0 Å². The first-order valence-corrected chi connectivity index (χ1v) is 10.6. The van der Waals surface area contributed by atoms with E-state index in [-0.39, 0.29) is 28.3 Å². The van der Waals surface area contributed by atoms with Crippen LogP contribution in [0.5, 0.6) is 0 Å². The predicted octanol–water partition coefficient (Wildman–Crippen LogP) is 4.16. The molecule has 14 heteroatoms. The molecule has 34 heavy (non-hydrogen) atoms. The van der Waals surface area contributed by atoms with Crippen molar-refractivity contribution in [2.75, 3.05) is 5.32 Å². The van der Waals surface area contributed by atoms with Gasteiger partial charge in [-0.05, 0) is 26.0 Å². The molecular formula is C20H16F3N7O3S. The Balaban J connectivity index is 1.80. The van der Waals surface area contributed by atoms with Crippen LogP contribution in [0.4, 0.5) is 23.8 Å². The molecule has 0 aromatic carbocycles. The van der Waals surface area contributed by atoms with Gasteiger partial charge in [-0.25, -0.2) is 24.7 Å². The number of rotatable bonds is 5. The van der Waals surface area contributed by atoms with Crippen LogP contribution < -0.4 is 16.4 Å². The Morgan fingerprint density at radius 2 is 1.91 bits per heavy atom. The minimum atomic E-state index is -4.61. The Morgan fingerprint density at radius 3 is 2.56 bits per heavy atom. The third-order valence-corrected chi connectivity index (χ3v) is 5.20. The number of pyridine rings is 2. The van der Waals surface area contributed by atoms with Gasteiger partial charge in [-0.2, -0.15) is 13.2 Å². The number of halogens is 3. The lowest BCUT2D eigenvalue weighted by molar-refractivity contribution is -0.140. The van der Waals surface area contributed by atoms with Crippen molar-refractivity contribution in [2.24, 2.45) is 0 Å². The lowest BCUT2D eigenvalue weighted by atomic mass is 10.0. The Hall–Kier alpha value is -4.07. The number of hydrogen-bond acceptors (Lipinski definition) is 8. The van der Waals surface area contributed by atoms with Crippen LogP contribution in [-0.2, 0) is 6.18 Å². The highest BCUT2D eigenvalue weighted by Crippen LogP contribution is 2.38. The smallest absolute Gasteiger partial charge is 0.388 e. The average Bonchev–Trinajstić information content (AvgIpc) is 3.42. The summed E-state index contributed by atoms with van der Waals surface area (Å²) in [5.41, 5.74) is 0.457. The van der Waals surface area contributed by atoms with Crippen molar-refractivity contribution in [1.29, 1.82) is 0 Å². The van der Waals surface area contributed by atoms with Gasteiger partial charge >= 0.3 is 18.0 Å². The highest BCUT2D eigenvalue weighted by atomic mass is 32.1. The van der Waals surface area contributed by atoms with Crippen molar-refractivity contribution in [3.05, 3.63) is 52.3 Å². The monoisotopic (exact) mass is 491 g/mol. The molecule has 0 aliphatic carbocycles. The molecule has 0 aliphatic rings. The molecule has 0 unspecified atom stereocenters. The summed E-state index contributed by atoms with van der Waals surface area (Å²) in [5, 5.41) is 12.1. The maximum Gasteiger partial charge on any atom is 0.434 e. The Bertz CT molecular complexity index is 1390. The van der Waals surface area contributed by atoms with Crippen LogP contribution in [0.1, 0.15) is 19.5 Å². The maximum atomic E-state index is 13.2. The minimum Gasteiger partial charge on any atom is -0.388 e. The van der Waals surface area contributed by atoms with Gasteiger partial charge in [0.05, 0.1) is 5.56 Å². The fourth-order valence-electron chi connectivity index (χ4n) is 2.93. The van der Waals surface area contributed by atoms with Crippen molar-refractivity contribution in [3.8, 4) is 33.2 Å². The molecule has 0 radical (unpaired) electrons. The Kier molecular flexibility index (Phi) is 6.15. The average molecular weight is 491 g/mol. The van der Waals surface area contributed by atoms with E-state index < -0.39 is 23.7 Å². The van der Waals surface area contributed by atoms with Gasteiger partial charge in [0.2, 0.25) is 0 Å². The molecule has 0 saturated carbocycles. The highest BCUT2D eigenvalue weighted by molar-refractivity contribution is 7.13. The van der Waals surface area contributed by atoms with E-state index in [1.54, 1.807) is 19.9 Å². The summed E-state index contributed by atoms with van der Waals surface area (Å²) >= 11 is 0.796. The summed E-state index contributed by atoms with van der Waals surface area (Å²) in [6.07, 6.45) is -0.353. The second kappa shape index (κ2) is 9.05. The molecule has 4 aromatic heterocycles. The first-order chi connectivity index (χ1) is 16.1. The van der Waals surface area contributed by atoms with E-state index in [1.165, 1.54) is 24.7 Å². The number of alkyl halides is 3. The van der Waals surface area contributed by atoms with Gasteiger partial charge in [0, 0.05) is 46.7 Å². The van der Waals surface area contributed by atoms with Gasteiger partial charge < -0.3 is 9.73 Å². The molecule has 10 nitrogen and oxygen atoms in total. The zero-order valence-electron chi connectivity index (χ0n) is 17.6. The number of hydrogen-bond donors (Lipinski definition) is 3. The van der Waals surface area contributed by atoms with Gasteiger partial charge in [-0.3, -0.25) is 10.3 Å². The molecule has 2 amide bonds. The SMILES string of the molecule is CC(C)NC(=O)Nc1cc(-c2nc(C(F)(F)F)cs2)c(-c2cncc(-c3n[nH]c(=O)o3)c2)cn1. The van der Waals surface area contributed by atoms with Gasteiger partial charge in [0.15, 0.2) is 5.69 Å². The number of nitrogens with one attached hydrogen (secondary N) is 3. The number of aromatic nitrogens is 5. The number of nitrogens with zero attached hydrogens (tertiary/aromatic N) is 4. The third-order valence-electron chi connectivity index (χ3n) is 4.32. The second-order valence-electron chi connectivity index (χ2n) is 7.28. The molecule has 0 fully saturated rings. The number of H-pyrrole nitrogens is 1. The number of amides is 2. The Labute approximate surface area is 193 Å². The summed E-state index contributed by atoms with van der Waals surface area (Å²) in [6, 6.07) is 2.36. The van der Waals surface area contributed by atoms with Crippen LogP contribution in [0.25, 0.3) is 33.2 Å². The minimum absolute atomic E-state index is 0.00823. The van der Waals surface area contributed by atoms with Crippen LogP contribution in [0, 0.1) is 0 Å². The largest absolute Gasteiger partial charge is 0.434 e. The summed E-state index contributed by atoms with van der Waals surface area (Å²) in [4.78, 5) is 35.4. The number of carbonyl (C=O) groups is 1. The van der Waals surface area contributed by atoms with E-state index >= 15 is 0 Å². The normalized spacial score (nSPS) is 11.6. The van der Waals surface area contributed by atoms with Crippen molar-refractivity contribution in [3.63, 3.8) is 0 Å². The fraction of sp³-hybridized carbons (Fsp3) is 0.200. The van der Waals surface area contributed by atoms with E-state index in [1.807, 2.05) is 0 Å². The van der Waals surface area contributed by atoms with Gasteiger partial charge in [-0.1, -0.05) is 0 Å². The molecule has 0 saturated heterocycles. The van der Waals surface area contributed by atoms with Crippen molar-refractivity contribution in [2.45, 2.75) is 26.1 Å². The molecule has 4 aromatic rings. The maximum absolute atomic E-state index is 13.2. The molecular weight excluding hydrogens is 475 g/mol. The molecule has 4 rings (SSSR count). The second-order valence-corrected chi connectivity index (χ2v) is 8.14. The summed E-state index contributed by atoms with van der Waals surface area (Å²) < 4.78 is 44.4. The molecule has 4 heterocycles. The van der Waals surface area contributed by atoms with Crippen LogP contribution in [0.3, 0.4) is 0 Å². The van der Waals surface area contributed by atoms with E-state index in [0.717, 1.165) is 16.7 Å². The molecule has 176 valence electrons. The predicted molar refractivity (Wildman–Crippen MR) is 117 cm³/mol. The van der Waals surface area contributed by atoms with Gasteiger partial charge in [0.1, 0.15) is 10.8 Å². The number of thiazole rings is 1. The lowest BCUT2D eigenvalue weighted by Gasteiger charge is -2.13. The van der Waals surface area contributed by atoms with E-state index in [0.29, 0.717) is 16.7 Å². The van der Waals surface area contributed by atoms with Crippen molar-refractivity contribution < 1.29 is 22.4 Å². The first kappa shape index (κ1) is 23.1. The summed E-state index contributed by atoms with van der Waals surface area (Å²) in [6.45, 7) is 3.55. The topological polar surface area (TPSA) is 139 Å². The van der Waals surface area contributed by atoms with Crippen LogP contribution >= 0.6 is 11.3 Å². The number of aromatic amines is 1. The van der Waals surface area contributed by atoms with Crippen LogP contribution in [0.15, 0.2) is 45.3 Å². The zero-order chi connectivity index (χ0) is 24.5. The lowest BCUT2D eigenvalue weighted by Crippen LogP contribution is -2.34. The third kappa shape index (κ3) is 5.11. The quantitative estimate of drug-likeness (QED) is 0.381. The summed E-state index contributed by atoms with van der Waals surface area (Å²) in [7, 11) is 0. The number of carbonyl (C=O) groups excluding carboxylic acids is 1. The molecule has 0 atom stereocenters. The van der Waals surface area contributed by atoms with E-state index in [4.69, 9.17) is 4.42 Å². The van der Waals surface area contributed by atoms with Crippen molar-refractivity contribution in [1.82, 2.24) is 30.5 Å². The van der Waals surface area contributed by atoms with Crippen LogP contribution in [-0.4, -0.2) is 37.2 Å². The number of urea groups is 1. The molecule has 0 bridgehead atoms. The number of anilines is 1. The fourth-order valence-corrected chi connectivity index (χ4v) is 3.79. The zero-order valence-corrected chi connectivity index (χ0v) is 18.4. The van der Waals surface area contributed by atoms with Crippen molar-refractivity contribution >= 4 is 23.2 Å². The Morgan fingerprint density at radius 1 is 1.15 bits per heavy atom. The molecule has 3 N–H and O–H groups in total. The highest BCUT2D eigenvalue weighted by Gasteiger charge is 2.34. The van der Waals surface area contributed by atoms with E-state index in [9.17, 15) is 22.8 Å². The summed E-state index contributed by atoms with van der Waals surface area (Å²) in [5.74, 6) is -0.644. The standard InChI is InChI=1S/C20H16F3N7O3S/c1-9(2)26-18(31)28-15-4-12(17-27-14(8-34-17)20(21,22)23)13(7-25-15)10-3-11(6-24-5-10)16-29-30-19(32)33-16/h3-9H,1-2H3,(H,30,32)(H2,25,26,28,31). The first-order valence-electron chi connectivity index (χ1n) is 9.72. The molecule has 0 spiro atoms. The van der Waals surface area contributed by atoms with Gasteiger partial charge in [0.25, 0.3) is 5.89 Å². The molecule has 0 aliphatic heterocycles.